The molecule has 0 spiro atoms. The summed E-state index contributed by atoms with van der Waals surface area (Å²) in [6.07, 6.45) is 40.4. The Labute approximate surface area is 537 Å². The Balaban J connectivity index is 5.26. The average molecular weight is 1300 g/mol. The van der Waals surface area contributed by atoms with E-state index >= 15 is 0 Å². The first kappa shape index (κ1) is 86.1. The number of phosphoric acid groups is 2. The van der Waals surface area contributed by atoms with Gasteiger partial charge in [-0.2, -0.15) is 0 Å². The van der Waals surface area contributed by atoms with Crippen molar-refractivity contribution < 1.29 is 80.2 Å². The van der Waals surface area contributed by atoms with Gasteiger partial charge in [0.2, 0.25) is 0 Å². The van der Waals surface area contributed by atoms with Gasteiger partial charge in [-0.05, 0) is 49.4 Å². The van der Waals surface area contributed by atoms with E-state index in [1.54, 1.807) is 0 Å². The summed E-state index contributed by atoms with van der Waals surface area (Å²) in [4.78, 5) is 72.5. The zero-order valence-electron chi connectivity index (χ0n) is 57.3. The summed E-state index contributed by atoms with van der Waals surface area (Å²) in [5.41, 5.74) is 0. The van der Waals surface area contributed by atoms with E-state index in [2.05, 4.69) is 55.4 Å². The molecule has 19 heteroatoms. The molecule has 522 valence electrons. The predicted octanol–water partition coefficient (Wildman–Crippen LogP) is 19.3. The number of carbonyl (C=O) groups is 4. The number of aliphatic hydroxyl groups excluding tert-OH is 1. The SMILES string of the molecule is CCC(C)CCCCCCCCCCC(=O)OC[C@H](COP(=O)(O)OC[C@@H](O)COP(=O)(O)OC[C@@H](COC(=O)CCCCCCCCC(C)C)OC(=O)CCCCCCCCCCCCC(C)C)OC(=O)CCCCCCCCCCCCCC(C)C. The Morgan fingerprint density at radius 1 is 0.318 bits per heavy atom. The molecular formula is C69H134O17P2. The Kier molecular flexibility index (Phi) is 57.6. The van der Waals surface area contributed by atoms with Crippen molar-refractivity contribution in [3.05, 3.63) is 0 Å². The third kappa shape index (κ3) is 61.6. The van der Waals surface area contributed by atoms with Gasteiger partial charge in [-0.3, -0.25) is 37.3 Å². The van der Waals surface area contributed by atoms with Gasteiger partial charge in [-0.25, -0.2) is 9.13 Å². The summed E-state index contributed by atoms with van der Waals surface area (Å²) >= 11 is 0. The predicted molar refractivity (Wildman–Crippen MR) is 354 cm³/mol. The molecule has 88 heavy (non-hydrogen) atoms. The number of rotatable bonds is 66. The van der Waals surface area contributed by atoms with Crippen molar-refractivity contribution >= 4 is 39.5 Å². The molecule has 0 aromatic carbocycles. The number of unbranched alkanes of at least 4 members (excludes halogenated alkanes) is 31. The lowest BCUT2D eigenvalue weighted by molar-refractivity contribution is -0.161. The quantitative estimate of drug-likeness (QED) is 0.0222. The molecule has 6 atom stereocenters. The smallest absolute Gasteiger partial charge is 0.462 e. The number of phosphoric ester groups is 2. The second kappa shape index (κ2) is 58.8. The third-order valence-corrected chi connectivity index (χ3v) is 18.1. The van der Waals surface area contributed by atoms with Crippen LogP contribution < -0.4 is 0 Å². The van der Waals surface area contributed by atoms with Crippen LogP contribution in [0.4, 0.5) is 0 Å². The van der Waals surface area contributed by atoms with Gasteiger partial charge in [0, 0.05) is 25.7 Å². The van der Waals surface area contributed by atoms with Gasteiger partial charge in [-0.15, -0.1) is 0 Å². The highest BCUT2D eigenvalue weighted by Gasteiger charge is 2.30. The maximum Gasteiger partial charge on any atom is 0.472 e. The monoisotopic (exact) mass is 1300 g/mol. The lowest BCUT2D eigenvalue weighted by atomic mass is 9.99. The minimum absolute atomic E-state index is 0.104. The first-order valence-corrected chi connectivity index (χ1v) is 38.7. The summed E-state index contributed by atoms with van der Waals surface area (Å²) in [7, 11) is -9.90. The van der Waals surface area contributed by atoms with Crippen molar-refractivity contribution in [3.63, 3.8) is 0 Å². The lowest BCUT2D eigenvalue weighted by Crippen LogP contribution is -2.30. The third-order valence-electron chi connectivity index (χ3n) is 16.2. The molecule has 17 nitrogen and oxygen atoms in total. The molecular weight excluding hydrogens is 1160 g/mol. The van der Waals surface area contributed by atoms with E-state index in [9.17, 15) is 43.2 Å². The molecule has 0 fully saturated rings. The maximum atomic E-state index is 13.0. The molecule has 0 heterocycles. The van der Waals surface area contributed by atoms with E-state index in [-0.39, 0.29) is 25.7 Å². The highest BCUT2D eigenvalue weighted by molar-refractivity contribution is 7.47. The van der Waals surface area contributed by atoms with Gasteiger partial charge in [0.1, 0.15) is 19.3 Å². The van der Waals surface area contributed by atoms with Crippen LogP contribution in [0.1, 0.15) is 338 Å². The highest BCUT2D eigenvalue weighted by Crippen LogP contribution is 2.45. The molecule has 0 aromatic rings. The van der Waals surface area contributed by atoms with Crippen LogP contribution >= 0.6 is 15.6 Å². The fourth-order valence-electron chi connectivity index (χ4n) is 10.3. The largest absolute Gasteiger partial charge is 0.472 e. The molecule has 0 aliphatic heterocycles. The topological polar surface area (TPSA) is 237 Å². The van der Waals surface area contributed by atoms with Crippen molar-refractivity contribution in [3.8, 4) is 0 Å². The second-order valence-electron chi connectivity index (χ2n) is 26.6. The Hall–Kier alpha value is -1.94. The first-order chi connectivity index (χ1) is 42.1. The summed E-state index contributed by atoms with van der Waals surface area (Å²) in [5, 5.41) is 10.6. The lowest BCUT2D eigenvalue weighted by Gasteiger charge is -2.21. The molecule has 0 amide bonds. The summed E-state index contributed by atoms with van der Waals surface area (Å²) in [6, 6.07) is 0. The van der Waals surface area contributed by atoms with Crippen LogP contribution in [-0.4, -0.2) is 96.7 Å². The average Bonchev–Trinajstić information content (AvgIpc) is 3.69. The highest BCUT2D eigenvalue weighted by atomic mass is 31.2. The summed E-state index contributed by atoms with van der Waals surface area (Å²) < 4.78 is 68.2. The van der Waals surface area contributed by atoms with Crippen molar-refractivity contribution in [1.29, 1.82) is 0 Å². The molecule has 0 rings (SSSR count). The Morgan fingerprint density at radius 3 is 0.807 bits per heavy atom. The minimum atomic E-state index is -4.95. The zero-order chi connectivity index (χ0) is 65.4. The number of esters is 4. The van der Waals surface area contributed by atoms with E-state index in [0.29, 0.717) is 31.6 Å². The van der Waals surface area contributed by atoms with Crippen LogP contribution in [0.5, 0.6) is 0 Å². The Morgan fingerprint density at radius 2 is 0.545 bits per heavy atom. The standard InChI is InChI=1S/C69H134O17P2/c1-9-62(8)48-40-32-23-19-20-24-33-41-49-66(71)79-55-64(85-68(73)51-43-35-25-17-12-10-11-15-21-29-37-45-59(2)3)57-83-87(75,76)81-53-63(70)54-82-88(77,78)84-58-65(56-80-67(72)50-42-34-28-27-31-39-47-61(6)7)86-69(74)52-44-36-26-18-14-13-16-22-30-38-46-60(4)5/h59-65,70H,9-58H2,1-8H3,(H,75,76)(H,77,78)/t62?,63-,64-,65-/m1/s1. The van der Waals surface area contributed by atoms with Crippen molar-refractivity contribution in [2.45, 2.75) is 356 Å². The second-order valence-corrected chi connectivity index (χ2v) is 29.5. The molecule has 0 saturated carbocycles. The van der Waals surface area contributed by atoms with Crippen LogP contribution in [-0.2, 0) is 65.4 Å². The molecule has 3 N–H and O–H groups in total. The van der Waals surface area contributed by atoms with Gasteiger partial charge in [0.25, 0.3) is 0 Å². The van der Waals surface area contributed by atoms with Crippen LogP contribution in [0.25, 0.3) is 0 Å². The maximum absolute atomic E-state index is 13.0. The number of hydrogen-bond donors (Lipinski definition) is 3. The van der Waals surface area contributed by atoms with Gasteiger partial charge in [0.05, 0.1) is 26.4 Å². The first-order valence-electron chi connectivity index (χ1n) is 35.7. The molecule has 0 aromatic heterocycles. The minimum Gasteiger partial charge on any atom is -0.462 e. The van der Waals surface area contributed by atoms with Gasteiger partial charge in [0.15, 0.2) is 12.2 Å². The van der Waals surface area contributed by atoms with Crippen LogP contribution in [0.2, 0.25) is 0 Å². The zero-order valence-corrected chi connectivity index (χ0v) is 59.1. The molecule has 0 bridgehead atoms. The van der Waals surface area contributed by atoms with Gasteiger partial charge < -0.3 is 33.8 Å². The van der Waals surface area contributed by atoms with Crippen molar-refractivity contribution in [2.75, 3.05) is 39.6 Å². The van der Waals surface area contributed by atoms with Crippen LogP contribution in [0, 0.1) is 23.7 Å². The molecule has 0 aliphatic rings. The van der Waals surface area contributed by atoms with E-state index in [4.69, 9.17) is 37.0 Å². The van der Waals surface area contributed by atoms with Gasteiger partial charge >= 0.3 is 39.5 Å². The van der Waals surface area contributed by atoms with E-state index in [1.807, 2.05) is 0 Å². The summed E-state index contributed by atoms with van der Waals surface area (Å²) in [6.45, 7) is 14.1. The van der Waals surface area contributed by atoms with E-state index < -0.39 is 97.5 Å². The number of carbonyl (C=O) groups excluding carboxylic acids is 4. The summed E-state index contributed by atoms with van der Waals surface area (Å²) in [5.74, 6) is 0.842. The van der Waals surface area contributed by atoms with Crippen LogP contribution in [0.15, 0.2) is 0 Å². The van der Waals surface area contributed by atoms with Crippen LogP contribution in [0.3, 0.4) is 0 Å². The Bertz CT molecular complexity index is 1750. The number of ether oxygens (including phenoxy) is 4. The van der Waals surface area contributed by atoms with Gasteiger partial charge in [-0.1, -0.05) is 287 Å². The molecule has 3 unspecified atom stereocenters. The molecule has 0 saturated heterocycles. The molecule has 0 aliphatic carbocycles. The van der Waals surface area contributed by atoms with Crippen molar-refractivity contribution in [2.24, 2.45) is 23.7 Å². The fourth-order valence-corrected chi connectivity index (χ4v) is 11.9. The van der Waals surface area contributed by atoms with Crippen molar-refractivity contribution in [1.82, 2.24) is 0 Å². The number of aliphatic hydroxyl groups is 1. The normalized spacial score (nSPS) is 14.6. The molecule has 0 radical (unpaired) electrons. The van der Waals surface area contributed by atoms with E-state index in [0.717, 1.165) is 114 Å². The van der Waals surface area contributed by atoms with E-state index in [1.165, 1.54) is 135 Å². The fraction of sp³-hybridized carbons (Fsp3) is 0.942. The number of hydrogen-bond acceptors (Lipinski definition) is 15.